The third-order valence-electron chi connectivity index (χ3n) is 4.99. The molecule has 1 unspecified atom stereocenters. The molecule has 0 amide bonds. The third kappa shape index (κ3) is 3.54. The molecule has 2 aromatic carbocycles. The number of ether oxygens (including phenoxy) is 2. The van der Waals surface area contributed by atoms with Crippen molar-refractivity contribution < 1.29 is 9.47 Å². The largest absolute Gasteiger partial charge is 0.377 e. The number of hydrogen-bond donors (Lipinski definition) is 0. The fourth-order valence-corrected chi connectivity index (χ4v) is 3.72. The first-order valence-corrected chi connectivity index (χ1v) is 8.98. The Morgan fingerprint density at radius 2 is 1.62 bits per heavy atom. The molecule has 0 N–H and O–H groups in total. The molecule has 24 heavy (non-hydrogen) atoms. The minimum Gasteiger partial charge on any atom is -0.377 e. The summed E-state index contributed by atoms with van der Waals surface area (Å²) < 4.78 is 11.5. The first kappa shape index (κ1) is 15.8. The molecular weight excluding hydrogens is 298 g/mol. The van der Waals surface area contributed by atoms with Crippen molar-refractivity contribution in [2.24, 2.45) is 0 Å². The fraction of sp³-hybridized carbons (Fsp3) is 0.429. The lowest BCUT2D eigenvalue weighted by atomic mass is 9.97. The number of benzene rings is 2. The van der Waals surface area contributed by atoms with Gasteiger partial charge in [-0.2, -0.15) is 0 Å². The Kier molecular flexibility index (Phi) is 4.93. The van der Waals surface area contributed by atoms with Gasteiger partial charge in [-0.25, -0.2) is 0 Å². The van der Waals surface area contributed by atoms with Gasteiger partial charge in [-0.15, -0.1) is 0 Å². The van der Waals surface area contributed by atoms with E-state index in [0.717, 1.165) is 45.9 Å². The molecule has 4 rings (SSSR count). The van der Waals surface area contributed by atoms with E-state index in [4.69, 9.17) is 9.47 Å². The summed E-state index contributed by atoms with van der Waals surface area (Å²) in [5.74, 6) is 0. The lowest BCUT2D eigenvalue weighted by molar-refractivity contribution is 0.00929. The highest BCUT2D eigenvalue weighted by atomic mass is 16.5. The van der Waals surface area contributed by atoms with E-state index >= 15 is 0 Å². The van der Waals surface area contributed by atoms with Crippen LogP contribution in [0.25, 0.3) is 11.1 Å². The second-order valence-electron chi connectivity index (χ2n) is 6.73. The molecule has 2 aromatic rings. The van der Waals surface area contributed by atoms with Gasteiger partial charge >= 0.3 is 0 Å². The molecule has 0 radical (unpaired) electrons. The average molecular weight is 323 g/mol. The molecule has 0 spiro atoms. The molecule has 1 fully saturated rings. The second kappa shape index (κ2) is 7.47. The molecule has 0 bridgehead atoms. The van der Waals surface area contributed by atoms with E-state index < -0.39 is 0 Å². The van der Waals surface area contributed by atoms with Gasteiger partial charge in [0, 0.05) is 26.2 Å². The lowest BCUT2D eigenvalue weighted by Crippen LogP contribution is -2.27. The summed E-state index contributed by atoms with van der Waals surface area (Å²) in [6.07, 6.45) is 2.63. The van der Waals surface area contributed by atoms with Crippen LogP contribution in [0.1, 0.15) is 24.0 Å². The van der Waals surface area contributed by atoms with E-state index in [1.54, 1.807) is 0 Å². The van der Waals surface area contributed by atoms with Gasteiger partial charge in [0.1, 0.15) is 0 Å². The van der Waals surface area contributed by atoms with Crippen LogP contribution in [-0.2, 0) is 22.6 Å². The van der Waals surface area contributed by atoms with Crippen LogP contribution in [-0.4, -0.2) is 37.4 Å². The highest BCUT2D eigenvalue weighted by Crippen LogP contribution is 2.32. The summed E-state index contributed by atoms with van der Waals surface area (Å²) in [4.78, 5) is 2.49. The molecule has 2 aliphatic rings. The first-order valence-electron chi connectivity index (χ1n) is 8.98. The zero-order chi connectivity index (χ0) is 16.2. The number of nitrogens with zero attached hydrogens (tertiary/aromatic N) is 1. The monoisotopic (exact) mass is 323 g/mol. The maximum atomic E-state index is 5.87. The van der Waals surface area contributed by atoms with Gasteiger partial charge in [0.15, 0.2) is 0 Å². The Morgan fingerprint density at radius 1 is 0.958 bits per heavy atom. The van der Waals surface area contributed by atoms with Gasteiger partial charge < -0.3 is 9.47 Å². The van der Waals surface area contributed by atoms with Crippen LogP contribution in [0.2, 0.25) is 0 Å². The van der Waals surface area contributed by atoms with Crippen LogP contribution in [0, 0.1) is 0 Å². The van der Waals surface area contributed by atoms with Crippen LogP contribution in [0.4, 0.5) is 0 Å². The fourth-order valence-electron chi connectivity index (χ4n) is 3.72. The minimum atomic E-state index is 0.315. The standard InChI is InChI=1S/C21H25NO2/c1-3-9-20-17(6-1)14-22(15-18-7-2-4-10-21(18)20)11-13-23-16-19-8-5-12-24-19/h1-4,6-7,9-10,19H,5,8,11-16H2. The maximum absolute atomic E-state index is 5.87. The van der Waals surface area contributed by atoms with Crippen LogP contribution in [0.5, 0.6) is 0 Å². The first-order chi connectivity index (χ1) is 11.9. The smallest absolute Gasteiger partial charge is 0.0809 e. The van der Waals surface area contributed by atoms with E-state index in [0.29, 0.717) is 6.10 Å². The Hall–Kier alpha value is -1.68. The van der Waals surface area contributed by atoms with Gasteiger partial charge in [-0.05, 0) is 35.1 Å². The zero-order valence-electron chi connectivity index (χ0n) is 14.1. The summed E-state index contributed by atoms with van der Waals surface area (Å²) in [5.41, 5.74) is 5.55. The van der Waals surface area contributed by atoms with Crippen molar-refractivity contribution in [2.75, 3.05) is 26.4 Å². The van der Waals surface area contributed by atoms with Crippen molar-refractivity contribution in [3.05, 3.63) is 59.7 Å². The summed E-state index contributed by atoms with van der Waals surface area (Å²) in [5, 5.41) is 0. The molecule has 0 aromatic heterocycles. The van der Waals surface area contributed by atoms with Gasteiger partial charge in [-0.3, -0.25) is 4.90 Å². The summed E-state index contributed by atoms with van der Waals surface area (Å²) >= 11 is 0. The SMILES string of the molecule is c1ccc2c(c1)CN(CCOCC1CCCO1)Cc1ccccc1-2. The molecular formula is C21H25NO2. The maximum Gasteiger partial charge on any atom is 0.0809 e. The number of rotatable bonds is 5. The van der Waals surface area contributed by atoms with Gasteiger partial charge in [-0.1, -0.05) is 48.5 Å². The topological polar surface area (TPSA) is 21.7 Å². The molecule has 1 atom stereocenters. The normalized spacial score (nSPS) is 20.4. The molecule has 2 heterocycles. The number of hydrogen-bond acceptors (Lipinski definition) is 3. The Labute approximate surface area is 144 Å². The summed E-state index contributed by atoms with van der Waals surface area (Å²) in [6, 6.07) is 17.5. The van der Waals surface area contributed by atoms with E-state index in [-0.39, 0.29) is 0 Å². The molecule has 0 aliphatic carbocycles. The highest BCUT2D eigenvalue weighted by Gasteiger charge is 2.19. The Balaban J connectivity index is 1.42. The van der Waals surface area contributed by atoms with E-state index in [1.807, 2.05) is 0 Å². The van der Waals surface area contributed by atoms with E-state index in [2.05, 4.69) is 53.4 Å². The quantitative estimate of drug-likeness (QED) is 0.780. The molecule has 3 nitrogen and oxygen atoms in total. The average Bonchev–Trinajstić information content (AvgIpc) is 3.07. The lowest BCUT2D eigenvalue weighted by Gasteiger charge is -2.21. The molecule has 3 heteroatoms. The molecule has 1 saturated heterocycles. The minimum absolute atomic E-state index is 0.315. The second-order valence-corrected chi connectivity index (χ2v) is 6.73. The van der Waals surface area contributed by atoms with Crippen LogP contribution < -0.4 is 0 Å². The van der Waals surface area contributed by atoms with Crippen LogP contribution in [0.3, 0.4) is 0 Å². The van der Waals surface area contributed by atoms with Crippen molar-refractivity contribution in [1.29, 1.82) is 0 Å². The van der Waals surface area contributed by atoms with Crippen molar-refractivity contribution in [1.82, 2.24) is 4.90 Å². The summed E-state index contributed by atoms with van der Waals surface area (Å²) in [7, 11) is 0. The molecule has 126 valence electrons. The van der Waals surface area contributed by atoms with E-state index in [1.165, 1.54) is 28.7 Å². The third-order valence-corrected chi connectivity index (χ3v) is 4.99. The number of fused-ring (bicyclic) bond motifs is 3. The van der Waals surface area contributed by atoms with Gasteiger partial charge in [0.05, 0.1) is 19.3 Å². The van der Waals surface area contributed by atoms with Crippen LogP contribution in [0.15, 0.2) is 48.5 Å². The summed E-state index contributed by atoms with van der Waals surface area (Å²) in [6.45, 7) is 5.32. The predicted molar refractivity (Wildman–Crippen MR) is 95.8 cm³/mol. The van der Waals surface area contributed by atoms with Crippen molar-refractivity contribution >= 4 is 0 Å². The van der Waals surface area contributed by atoms with Gasteiger partial charge in [0.2, 0.25) is 0 Å². The highest BCUT2D eigenvalue weighted by molar-refractivity contribution is 5.71. The predicted octanol–water partition coefficient (Wildman–Crippen LogP) is 3.86. The van der Waals surface area contributed by atoms with Crippen molar-refractivity contribution in [3.63, 3.8) is 0 Å². The Bertz CT molecular complexity index is 632. The van der Waals surface area contributed by atoms with Crippen LogP contribution >= 0.6 is 0 Å². The van der Waals surface area contributed by atoms with Crippen molar-refractivity contribution in [2.45, 2.75) is 32.0 Å². The van der Waals surface area contributed by atoms with Gasteiger partial charge in [0.25, 0.3) is 0 Å². The molecule has 0 saturated carbocycles. The zero-order valence-corrected chi connectivity index (χ0v) is 14.1. The van der Waals surface area contributed by atoms with Crippen molar-refractivity contribution in [3.8, 4) is 11.1 Å². The van der Waals surface area contributed by atoms with E-state index in [9.17, 15) is 0 Å². The molecule has 2 aliphatic heterocycles. The Morgan fingerprint density at radius 3 is 2.25 bits per heavy atom.